The molecule has 6 heterocycles. The Morgan fingerprint density at radius 3 is 2.89 bits per heavy atom. The lowest BCUT2D eigenvalue weighted by Gasteiger charge is -2.43. The molecule has 0 saturated carbocycles. The minimum absolute atomic E-state index is 0.332. The third-order valence-corrected chi connectivity index (χ3v) is 8.70. The molecule has 4 aliphatic heterocycles. The number of anilines is 2. The van der Waals surface area contributed by atoms with Crippen LogP contribution in [0.25, 0.3) is 10.9 Å². The van der Waals surface area contributed by atoms with Gasteiger partial charge in [-0.3, -0.25) is 9.88 Å². The fourth-order valence-electron chi connectivity index (χ4n) is 6.92. The van der Waals surface area contributed by atoms with Gasteiger partial charge in [-0.05, 0) is 54.7 Å². The van der Waals surface area contributed by atoms with Crippen LogP contribution < -0.4 is 20.7 Å². The molecular formula is C27H30BN7. The summed E-state index contributed by atoms with van der Waals surface area (Å²) in [5, 5.41) is 14.3. The van der Waals surface area contributed by atoms with Gasteiger partial charge in [-0.2, -0.15) is 5.26 Å². The fraction of sp³-hybridized carbons (Fsp3) is 0.444. The van der Waals surface area contributed by atoms with E-state index in [1.165, 1.54) is 23.4 Å². The van der Waals surface area contributed by atoms with Gasteiger partial charge in [0.25, 0.3) is 0 Å². The van der Waals surface area contributed by atoms with Gasteiger partial charge in [-0.15, -0.1) is 0 Å². The maximum absolute atomic E-state index is 9.63. The Hall–Kier alpha value is -3.15. The topological polar surface area (TPSA) is 71.3 Å². The molecule has 4 atom stereocenters. The highest BCUT2D eigenvalue weighted by atomic mass is 15.3. The van der Waals surface area contributed by atoms with Gasteiger partial charge in [0.15, 0.2) is 7.85 Å². The molecule has 7 nitrogen and oxygen atoms in total. The minimum Gasteiger partial charge on any atom is -0.368 e. The summed E-state index contributed by atoms with van der Waals surface area (Å²) in [6.07, 6.45) is 1.27. The van der Waals surface area contributed by atoms with Crippen LogP contribution in [0, 0.1) is 17.2 Å². The molecule has 0 unspecified atom stereocenters. The van der Waals surface area contributed by atoms with Gasteiger partial charge in [0.2, 0.25) is 0 Å². The molecule has 3 fully saturated rings. The van der Waals surface area contributed by atoms with Crippen LogP contribution in [0.4, 0.5) is 11.5 Å². The molecule has 3 aromatic rings. The zero-order valence-corrected chi connectivity index (χ0v) is 20.4. The summed E-state index contributed by atoms with van der Waals surface area (Å²) < 4.78 is 0. The average molecular weight is 463 g/mol. The van der Waals surface area contributed by atoms with E-state index < -0.39 is 0 Å². The molecule has 176 valence electrons. The third kappa shape index (κ3) is 3.25. The van der Waals surface area contributed by atoms with Crippen LogP contribution in [-0.4, -0.2) is 67.5 Å². The van der Waals surface area contributed by atoms with E-state index in [9.17, 15) is 5.26 Å². The van der Waals surface area contributed by atoms with Crippen LogP contribution in [0.1, 0.15) is 36.2 Å². The Balaban J connectivity index is 1.21. The van der Waals surface area contributed by atoms with Gasteiger partial charge < -0.3 is 15.1 Å². The van der Waals surface area contributed by atoms with E-state index >= 15 is 0 Å². The van der Waals surface area contributed by atoms with Crippen molar-refractivity contribution in [2.45, 2.75) is 38.0 Å². The van der Waals surface area contributed by atoms with E-state index in [2.05, 4.69) is 57.3 Å². The van der Waals surface area contributed by atoms with Crippen LogP contribution in [-0.2, 0) is 6.54 Å². The van der Waals surface area contributed by atoms with Gasteiger partial charge in [0.1, 0.15) is 11.9 Å². The van der Waals surface area contributed by atoms with Crippen molar-refractivity contribution in [2.75, 3.05) is 42.5 Å². The molecule has 4 aliphatic rings. The first-order valence-corrected chi connectivity index (χ1v) is 12.9. The van der Waals surface area contributed by atoms with E-state index in [4.69, 9.17) is 9.97 Å². The molecule has 3 saturated heterocycles. The average Bonchev–Trinajstić information content (AvgIpc) is 3.57. The van der Waals surface area contributed by atoms with Gasteiger partial charge in [-0.25, -0.2) is 4.98 Å². The second-order valence-corrected chi connectivity index (χ2v) is 10.7. The van der Waals surface area contributed by atoms with Crippen molar-refractivity contribution in [1.82, 2.24) is 20.2 Å². The first kappa shape index (κ1) is 21.2. The second kappa shape index (κ2) is 7.94. The summed E-state index contributed by atoms with van der Waals surface area (Å²) in [5.74, 6) is 1.93. The Labute approximate surface area is 207 Å². The number of hydrogen-bond acceptors (Lipinski definition) is 7. The third-order valence-electron chi connectivity index (χ3n) is 8.70. The molecule has 2 aromatic heterocycles. The van der Waals surface area contributed by atoms with E-state index in [0.717, 1.165) is 67.5 Å². The molecule has 1 aromatic carbocycles. The van der Waals surface area contributed by atoms with Crippen LogP contribution in [0.15, 0.2) is 36.4 Å². The Bertz CT molecular complexity index is 1370. The molecule has 8 heteroatoms. The summed E-state index contributed by atoms with van der Waals surface area (Å²) in [5.41, 5.74) is 6.18. The first-order chi connectivity index (χ1) is 17.1. The molecule has 0 bridgehead atoms. The van der Waals surface area contributed by atoms with Crippen molar-refractivity contribution in [3.05, 3.63) is 53.2 Å². The number of benzene rings is 1. The predicted molar refractivity (Wildman–Crippen MR) is 141 cm³/mol. The SMILES string of the molecule is Bc1ccc2c(N3C[C@@H](C)N4Cc5nc(N6CC[C@H]7CNC[C@H]76)ccc5[C@H]4C3)ccc(C#N)c2n1. The number of aromatic nitrogens is 2. The smallest absolute Gasteiger partial charge is 0.163 e. The quantitative estimate of drug-likeness (QED) is 0.575. The summed E-state index contributed by atoms with van der Waals surface area (Å²) in [6.45, 7) is 8.48. The van der Waals surface area contributed by atoms with Crippen LogP contribution in [0.3, 0.4) is 0 Å². The largest absolute Gasteiger partial charge is 0.368 e. The molecular weight excluding hydrogens is 433 g/mol. The van der Waals surface area contributed by atoms with Crippen molar-refractivity contribution in [2.24, 2.45) is 5.92 Å². The number of hydrogen-bond donors (Lipinski definition) is 1. The Morgan fingerprint density at radius 2 is 2.00 bits per heavy atom. The van der Waals surface area contributed by atoms with E-state index in [-0.39, 0.29) is 0 Å². The summed E-state index contributed by atoms with van der Waals surface area (Å²) in [6, 6.07) is 16.5. The van der Waals surface area contributed by atoms with Crippen LogP contribution in [0.2, 0.25) is 0 Å². The summed E-state index contributed by atoms with van der Waals surface area (Å²) in [4.78, 5) is 17.6. The molecule has 7 rings (SSSR count). The number of fused-ring (bicyclic) bond motifs is 5. The summed E-state index contributed by atoms with van der Waals surface area (Å²) >= 11 is 0. The monoisotopic (exact) mass is 463 g/mol. The molecule has 35 heavy (non-hydrogen) atoms. The van der Waals surface area contributed by atoms with Gasteiger partial charge in [0.05, 0.1) is 22.8 Å². The lowest BCUT2D eigenvalue weighted by Crippen LogP contribution is -2.51. The minimum atomic E-state index is 0.332. The molecule has 1 N–H and O–H groups in total. The highest BCUT2D eigenvalue weighted by Crippen LogP contribution is 2.42. The number of pyridine rings is 2. The fourth-order valence-corrected chi connectivity index (χ4v) is 6.92. The van der Waals surface area contributed by atoms with Crippen molar-refractivity contribution >= 4 is 35.8 Å². The van der Waals surface area contributed by atoms with E-state index in [0.29, 0.717) is 23.7 Å². The lowest BCUT2D eigenvalue weighted by molar-refractivity contribution is 0.133. The second-order valence-electron chi connectivity index (χ2n) is 10.7. The van der Waals surface area contributed by atoms with Crippen LogP contribution >= 0.6 is 0 Å². The Kier molecular flexibility index (Phi) is 4.80. The standard InChI is InChI=1S/C27H30BN7/c1-16-13-33(22-5-2-17(10-29)27-20(22)3-6-25(28)32-27)15-24-19-4-7-26(31-21(19)14-35(16)24)34-9-8-18-11-30-12-23(18)34/h2-7,16,18,23-24,30H,8-9,11-15,28H2,1H3/t16-,18+,23-,24-/m1/s1. The Morgan fingerprint density at radius 1 is 1.09 bits per heavy atom. The molecule has 0 radical (unpaired) electrons. The van der Waals surface area contributed by atoms with Crippen molar-refractivity contribution in [1.29, 1.82) is 5.26 Å². The number of piperazine rings is 1. The van der Waals surface area contributed by atoms with Crippen molar-refractivity contribution < 1.29 is 0 Å². The van der Waals surface area contributed by atoms with Crippen LogP contribution in [0.5, 0.6) is 0 Å². The zero-order chi connectivity index (χ0) is 23.7. The normalized spacial score (nSPS) is 27.7. The summed E-state index contributed by atoms with van der Waals surface area (Å²) in [7, 11) is 1.98. The highest BCUT2D eigenvalue weighted by molar-refractivity contribution is 6.31. The molecule has 0 aliphatic carbocycles. The molecule has 0 amide bonds. The van der Waals surface area contributed by atoms with Crippen molar-refractivity contribution in [3.63, 3.8) is 0 Å². The van der Waals surface area contributed by atoms with E-state index in [1.54, 1.807) is 0 Å². The van der Waals surface area contributed by atoms with Gasteiger partial charge in [-0.1, -0.05) is 12.1 Å². The lowest BCUT2D eigenvalue weighted by atomic mass is 9.98. The van der Waals surface area contributed by atoms with E-state index in [1.807, 2.05) is 20.0 Å². The van der Waals surface area contributed by atoms with Gasteiger partial charge in [0, 0.05) is 62.4 Å². The number of nitrogens with one attached hydrogen (secondary N) is 1. The highest BCUT2D eigenvalue weighted by Gasteiger charge is 2.42. The number of rotatable bonds is 2. The molecule has 0 spiro atoms. The van der Waals surface area contributed by atoms with Gasteiger partial charge >= 0.3 is 0 Å². The maximum Gasteiger partial charge on any atom is 0.163 e. The first-order valence-electron chi connectivity index (χ1n) is 12.9. The zero-order valence-electron chi connectivity index (χ0n) is 20.4. The number of nitriles is 1. The maximum atomic E-state index is 9.63. The predicted octanol–water partition coefficient (Wildman–Crippen LogP) is 1.32. The van der Waals surface area contributed by atoms with Crippen molar-refractivity contribution in [3.8, 4) is 6.07 Å². The number of nitrogens with zero attached hydrogens (tertiary/aromatic N) is 6.